The van der Waals surface area contributed by atoms with Gasteiger partial charge in [0, 0.05) is 41.9 Å². The molecule has 0 radical (unpaired) electrons. The van der Waals surface area contributed by atoms with Crippen molar-refractivity contribution in [2.75, 3.05) is 32.8 Å². The first-order chi connectivity index (χ1) is 17.8. The summed E-state index contributed by atoms with van der Waals surface area (Å²) in [6, 6.07) is 17.6. The van der Waals surface area contributed by atoms with Crippen LogP contribution in [0.4, 0.5) is 0 Å². The number of halogens is 2. The molecule has 2 aliphatic rings. The van der Waals surface area contributed by atoms with Crippen molar-refractivity contribution in [1.29, 1.82) is 5.26 Å². The van der Waals surface area contributed by atoms with Gasteiger partial charge in [-0.15, -0.1) is 0 Å². The van der Waals surface area contributed by atoms with Crippen LogP contribution in [-0.4, -0.2) is 48.0 Å². The van der Waals surface area contributed by atoms with Crippen molar-refractivity contribution < 1.29 is 14.9 Å². The number of ether oxygens (including phenoxy) is 1. The number of allylic oxidation sites excluding steroid dienone is 1. The van der Waals surface area contributed by atoms with Gasteiger partial charge in [0.15, 0.2) is 0 Å². The SMILES string of the molecule is CCCN1CC2=C(OC(N)=C(C#N)C2c2ccc(Cl)cc2)/C(=C/c2ccc(Cl)cc2)C1.CCO.CCO. The fourth-order valence-corrected chi connectivity index (χ4v) is 4.46. The molecule has 0 spiro atoms. The van der Waals surface area contributed by atoms with E-state index in [1.54, 1.807) is 13.8 Å². The van der Waals surface area contributed by atoms with Crippen molar-refractivity contribution in [3.63, 3.8) is 0 Å². The standard InChI is InChI=1S/C25H23Cl2N3O.2C2H6O/c1-2-11-30-14-18(12-16-3-7-19(26)8-4-16)24-22(15-30)23(21(13-28)25(29)31-24)17-5-9-20(27)10-6-17;2*1-2-3/h3-10,12,23H,2,11,14-15,29H2,1H3;2*3H,2H2,1H3/b18-12+;;. The minimum Gasteiger partial charge on any atom is -0.440 e. The zero-order valence-corrected chi connectivity index (χ0v) is 23.1. The molecule has 0 saturated heterocycles. The fourth-order valence-electron chi connectivity index (χ4n) is 4.21. The van der Waals surface area contributed by atoms with E-state index in [0.29, 0.717) is 22.2 Å². The van der Waals surface area contributed by atoms with Crippen LogP contribution in [0.3, 0.4) is 0 Å². The third-order valence-corrected chi connectivity index (χ3v) is 6.06. The number of nitrogens with two attached hydrogens (primary N) is 1. The molecule has 1 atom stereocenters. The molecule has 0 bridgehead atoms. The van der Waals surface area contributed by atoms with Gasteiger partial charge in [-0.1, -0.05) is 54.4 Å². The smallest absolute Gasteiger partial charge is 0.205 e. The number of aliphatic hydroxyl groups is 2. The molecule has 2 aliphatic heterocycles. The molecule has 2 aromatic rings. The second-order valence-corrected chi connectivity index (χ2v) is 9.27. The number of nitriles is 1. The van der Waals surface area contributed by atoms with Crippen LogP contribution in [0.15, 0.2) is 76.9 Å². The topological polar surface area (TPSA) is 103 Å². The molecule has 1 unspecified atom stereocenters. The highest BCUT2D eigenvalue weighted by molar-refractivity contribution is 6.30. The molecular weight excluding hydrogens is 509 g/mol. The van der Waals surface area contributed by atoms with Crippen LogP contribution in [-0.2, 0) is 4.74 Å². The van der Waals surface area contributed by atoms with E-state index in [9.17, 15) is 5.26 Å². The Bertz CT molecular complexity index is 1150. The molecule has 2 heterocycles. The van der Waals surface area contributed by atoms with E-state index >= 15 is 0 Å². The number of rotatable bonds is 4. The highest BCUT2D eigenvalue weighted by Gasteiger charge is 2.37. The lowest BCUT2D eigenvalue weighted by Gasteiger charge is -2.38. The molecule has 198 valence electrons. The molecule has 0 aliphatic carbocycles. The maximum absolute atomic E-state index is 9.88. The molecular formula is C29H35Cl2N3O3. The van der Waals surface area contributed by atoms with Gasteiger partial charge in [-0.2, -0.15) is 5.26 Å². The number of hydrogen-bond acceptors (Lipinski definition) is 6. The first-order valence-electron chi connectivity index (χ1n) is 12.3. The normalized spacial score (nSPS) is 18.1. The van der Waals surface area contributed by atoms with Crippen LogP contribution in [0.25, 0.3) is 6.08 Å². The van der Waals surface area contributed by atoms with Gasteiger partial charge in [0.2, 0.25) is 5.88 Å². The molecule has 37 heavy (non-hydrogen) atoms. The van der Waals surface area contributed by atoms with Crippen molar-refractivity contribution in [1.82, 2.24) is 4.90 Å². The largest absolute Gasteiger partial charge is 0.440 e. The molecule has 8 heteroatoms. The Labute approximate surface area is 229 Å². The van der Waals surface area contributed by atoms with E-state index < -0.39 is 0 Å². The minimum atomic E-state index is -0.265. The summed E-state index contributed by atoms with van der Waals surface area (Å²) in [6.07, 6.45) is 3.14. The van der Waals surface area contributed by atoms with Crippen LogP contribution < -0.4 is 5.73 Å². The van der Waals surface area contributed by atoms with Gasteiger partial charge in [-0.3, -0.25) is 4.90 Å². The zero-order chi connectivity index (χ0) is 27.4. The van der Waals surface area contributed by atoms with Crippen molar-refractivity contribution in [3.05, 3.63) is 98.1 Å². The summed E-state index contributed by atoms with van der Waals surface area (Å²) in [5.41, 5.74) is 10.8. The Hall–Kier alpha value is -2.79. The summed E-state index contributed by atoms with van der Waals surface area (Å²) in [4.78, 5) is 2.38. The molecule has 6 nitrogen and oxygen atoms in total. The van der Waals surface area contributed by atoms with Crippen molar-refractivity contribution >= 4 is 29.3 Å². The Morgan fingerprint density at radius 1 is 1.00 bits per heavy atom. The Morgan fingerprint density at radius 3 is 2.05 bits per heavy atom. The summed E-state index contributed by atoms with van der Waals surface area (Å²) in [5, 5.41) is 26.4. The van der Waals surface area contributed by atoms with Crippen LogP contribution in [0.1, 0.15) is 44.2 Å². The summed E-state index contributed by atoms with van der Waals surface area (Å²) in [7, 11) is 0. The third-order valence-electron chi connectivity index (χ3n) is 5.56. The first kappa shape index (κ1) is 30.4. The van der Waals surface area contributed by atoms with Crippen molar-refractivity contribution in [3.8, 4) is 6.07 Å². The van der Waals surface area contributed by atoms with E-state index in [-0.39, 0.29) is 25.0 Å². The third kappa shape index (κ3) is 8.36. The molecule has 2 aromatic carbocycles. The lowest BCUT2D eigenvalue weighted by molar-refractivity contribution is 0.234. The van der Waals surface area contributed by atoms with Crippen molar-refractivity contribution in [2.45, 2.75) is 33.1 Å². The second kappa shape index (κ2) is 15.5. The monoisotopic (exact) mass is 543 g/mol. The van der Waals surface area contributed by atoms with E-state index in [2.05, 4.69) is 24.0 Å². The summed E-state index contributed by atoms with van der Waals surface area (Å²) in [6.45, 7) is 8.44. The van der Waals surface area contributed by atoms with E-state index in [1.165, 1.54) is 0 Å². The van der Waals surface area contributed by atoms with Gasteiger partial charge in [0.05, 0.1) is 5.92 Å². The number of benzene rings is 2. The predicted molar refractivity (Wildman–Crippen MR) is 151 cm³/mol. The van der Waals surface area contributed by atoms with E-state index in [0.717, 1.165) is 47.5 Å². The average molecular weight is 545 g/mol. The molecule has 0 fully saturated rings. The van der Waals surface area contributed by atoms with Gasteiger partial charge in [0.1, 0.15) is 17.4 Å². The highest BCUT2D eigenvalue weighted by Crippen LogP contribution is 2.44. The summed E-state index contributed by atoms with van der Waals surface area (Å²) in [5.74, 6) is 0.658. The Morgan fingerprint density at radius 2 is 1.54 bits per heavy atom. The molecule has 4 N–H and O–H groups in total. The van der Waals surface area contributed by atoms with Gasteiger partial charge in [-0.25, -0.2) is 0 Å². The van der Waals surface area contributed by atoms with Gasteiger partial charge < -0.3 is 20.7 Å². The van der Waals surface area contributed by atoms with Crippen LogP contribution in [0.2, 0.25) is 10.0 Å². The van der Waals surface area contributed by atoms with E-state index in [4.69, 9.17) is 43.9 Å². The summed E-state index contributed by atoms with van der Waals surface area (Å²) < 4.78 is 6.07. The second-order valence-electron chi connectivity index (χ2n) is 8.39. The van der Waals surface area contributed by atoms with E-state index in [1.807, 2.05) is 48.5 Å². The number of aliphatic hydroxyl groups excluding tert-OH is 2. The maximum atomic E-state index is 9.88. The Balaban J connectivity index is 0.000000733. The van der Waals surface area contributed by atoms with Gasteiger partial charge >= 0.3 is 0 Å². The van der Waals surface area contributed by atoms with Crippen LogP contribution in [0.5, 0.6) is 0 Å². The highest BCUT2D eigenvalue weighted by atomic mass is 35.5. The molecule has 0 aromatic heterocycles. The predicted octanol–water partition coefficient (Wildman–Crippen LogP) is 5.86. The van der Waals surface area contributed by atoms with Crippen LogP contribution >= 0.6 is 23.2 Å². The average Bonchev–Trinajstić information content (AvgIpc) is 2.87. The molecule has 4 rings (SSSR count). The molecule has 0 amide bonds. The van der Waals surface area contributed by atoms with Gasteiger partial charge in [0.25, 0.3) is 0 Å². The zero-order valence-electron chi connectivity index (χ0n) is 21.5. The first-order valence-corrected chi connectivity index (χ1v) is 13.1. The van der Waals surface area contributed by atoms with Crippen LogP contribution in [0, 0.1) is 11.3 Å². The Kier molecular flexibility index (Phi) is 12.7. The lowest BCUT2D eigenvalue weighted by Crippen LogP contribution is -2.38. The maximum Gasteiger partial charge on any atom is 0.205 e. The quantitative estimate of drug-likeness (QED) is 0.446. The fraction of sp³-hybridized carbons (Fsp3) is 0.345. The number of hydrogen-bond donors (Lipinski definition) is 3. The van der Waals surface area contributed by atoms with Gasteiger partial charge in [-0.05, 0) is 73.9 Å². The molecule has 0 saturated carbocycles. The lowest BCUT2D eigenvalue weighted by atomic mass is 9.80. The van der Waals surface area contributed by atoms with Crippen molar-refractivity contribution in [2.24, 2.45) is 5.73 Å². The number of nitrogens with zero attached hydrogens (tertiary/aromatic N) is 2. The summed E-state index contributed by atoms with van der Waals surface area (Å²) >= 11 is 12.2. The minimum absolute atomic E-state index is 0.159.